The number of benzene rings is 2. The van der Waals surface area contributed by atoms with Crippen molar-refractivity contribution in [1.29, 1.82) is 0 Å². The summed E-state index contributed by atoms with van der Waals surface area (Å²) in [5.41, 5.74) is 3.02. The van der Waals surface area contributed by atoms with E-state index in [0.29, 0.717) is 18.2 Å². The maximum absolute atomic E-state index is 13.6. The van der Waals surface area contributed by atoms with Crippen LogP contribution in [0.2, 0.25) is 0 Å². The highest BCUT2D eigenvalue weighted by Crippen LogP contribution is 2.32. The highest BCUT2D eigenvalue weighted by molar-refractivity contribution is 8.00. The van der Waals surface area contributed by atoms with E-state index in [1.54, 1.807) is 12.1 Å². The fourth-order valence-electron chi connectivity index (χ4n) is 4.64. The Kier molecular flexibility index (Phi) is 6.46. The molecule has 1 saturated heterocycles. The second-order valence-corrected chi connectivity index (χ2v) is 9.98. The molecule has 8 heteroatoms. The van der Waals surface area contributed by atoms with E-state index < -0.39 is 0 Å². The molecule has 0 unspecified atom stereocenters. The summed E-state index contributed by atoms with van der Waals surface area (Å²) < 4.78 is 15.6. The molecule has 0 saturated carbocycles. The summed E-state index contributed by atoms with van der Waals surface area (Å²) in [6, 6.07) is 14.5. The molecule has 2 aromatic carbocycles. The van der Waals surface area contributed by atoms with Gasteiger partial charge in [-0.15, -0.1) is 10.2 Å². The predicted molar refractivity (Wildman–Crippen MR) is 128 cm³/mol. The lowest BCUT2D eigenvalue weighted by Crippen LogP contribution is -2.35. The summed E-state index contributed by atoms with van der Waals surface area (Å²) in [6.07, 6.45) is 4.52. The molecule has 3 aromatic rings. The van der Waals surface area contributed by atoms with E-state index in [9.17, 15) is 9.18 Å². The zero-order valence-corrected chi connectivity index (χ0v) is 19.6. The number of carbonyl (C=O) groups is 1. The van der Waals surface area contributed by atoms with Crippen LogP contribution < -0.4 is 4.90 Å². The van der Waals surface area contributed by atoms with Crippen LogP contribution in [0.3, 0.4) is 0 Å². The van der Waals surface area contributed by atoms with Gasteiger partial charge in [0.05, 0.1) is 11.8 Å². The molecule has 1 fully saturated rings. The summed E-state index contributed by atoms with van der Waals surface area (Å²) in [5.74, 6) is 0.600. The first-order valence-corrected chi connectivity index (χ1v) is 12.5. The van der Waals surface area contributed by atoms with Gasteiger partial charge in [-0.05, 0) is 75.2 Å². The highest BCUT2D eigenvalue weighted by atomic mass is 32.2. The molecule has 0 bridgehead atoms. The van der Waals surface area contributed by atoms with Crippen molar-refractivity contribution in [3.8, 4) is 5.69 Å². The van der Waals surface area contributed by atoms with Crippen LogP contribution >= 0.6 is 11.8 Å². The number of piperidine rings is 1. The number of amides is 1. The second kappa shape index (κ2) is 9.65. The molecule has 0 aliphatic carbocycles. The molecule has 172 valence electrons. The lowest BCUT2D eigenvalue weighted by Gasteiger charge is -2.26. The third-order valence-electron chi connectivity index (χ3n) is 6.38. The molecule has 2 aliphatic heterocycles. The van der Waals surface area contributed by atoms with Gasteiger partial charge in [-0.25, -0.2) is 4.39 Å². The fourth-order valence-corrected chi connectivity index (χ4v) is 5.59. The van der Waals surface area contributed by atoms with Gasteiger partial charge in [0.2, 0.25) is 5.91 Å². The number of halogens is 1. The monoisotopic (exact) mass is 465 g/mol. The maximum atomic E-state index is 13.6. The molecule has 33 heavy (non-hydrogen) atoms. The van der Waals surface area contributed by atoms with Gasteiger partial charge in [0, 0.05) is 17.9 Å². The summed E-state index contributed by atoms with van der Waals surface area (Å²) in [6.45, 7) is 5.40. The van der Waals surface area contributed by atoms with Crippen LogP contribution in [-0.4, -0.2) is 50.5 Å². The second-order valence-electron chi connectivity index (χ2n) is 8.68. The quantitative estimate of drug-likeness (QED) is 0.503. The molecule has 5 rings (SSSR count). The Bertz CT molecular complexity index is 1130. The van der Waals surface area contributed by atoms with Crippen LogP contribution in [0, 0.1) is 5.82 Å². The number of rotatable bonds is 6. The number of anilines is 1. The molecule has 6 nitrogen and oxygen atoms in total. The van der Waals surface area contributed by atoms with Gasteiger partial charge in [-0.2, -0.15) is 0 Å². The number of aromatic nitrogens is 3. The predicted octanol–water partition coefficient (Wildman–Crippen LogP) is 4.46. The minimum atomic E-state index is -0.331. The number of carbonyl (C=O) groups excluding carboxylic acids is 1. The first-order valence-electron chi connectivity index (χ1n) is 11.6. The van der Waals surface area contributed by atoms with Crippen molar-refractivity contribution in [1.82, 2.24) is 19.7 Å². The van der Waals surface area contributed by atoms with E-state index in [1.165, 1.54) is 48.7 Å². The van der Waals surface area contributed by atoms with Gasteiger partial charge < -0.3 is 4.90 Å². The number of nitrogens with zero attached hydrogens (tertiary/aromatic N) is 5. The van der Waals surface area contributed by atoms with E-state index in [2.05, 4.69) is 21.2 Å². The van der Waals surface area contributed by atoms with Gasteiger partial charge in [0.1, 0.15) is 5.82 Å². The van der Waals surface area contributed by atoms with Crippen LogP contribution in [0.5, 0.6) is 0 Å². The van der Waals surface area contributed by atoms with Gasteiger partial charge in [-0.3, -0.25) is 14.3 Å². The summed E-state index contributed by atoms with van der Waals surface area (Å²) >= 11 is 1.41. The number of hydrogen-bond donors (Lipinski definition) is 0. The number of likely N-dealkylation sites (tertiary alicyclic amines) is 1. The highest BCUT2D eigenvalue weighted by Gasteiger charge is 2.30. The Morgan fingerprint density at radius 3 is 2.58 bits per heavy atom. The normalized spacial score (nSPS) is 17.2. The Labute approximate surface area is 197 Å². The molecule has 2 aliphatic rings. The smallest absolute Gasteiger partial charge is 0.240 e. The Morgan fingerprint density at radius 1 is 1.03 bits per heavy atom. The van der Waals surface area contributed by atoms with E-state index in [-0.39, 0.29) is 17.0 Å². The van der Waals surface area contributed by atoms with Crippen molar-refractivity contribution in [2.45, 2.75) is 49.6 Å². The summed E-state index contributed by atoms with van der Waals surface area (Å²) in [7, 11) is 0. The Hall–Kier alpha value is -2.71. The van der Waals surface area contributed by atoms with E-state index in [0.717, 1.165) is 36.7 Å². The topological polar surface area (TPSA) is 54.3 Å². The average Bonchev–Trinajstić information content (AvgIpc) is 3.44. The molecule has 3 heterocycles. The molecular weight excluding hydrogens is 437 g/mol. The number of hydrogen-bond acceptors (Lipinski definition) is 5. The van der Waals surface area contributed by atoms with Gasteiger partial charge >= 0.3 is 0 Å². The largest absolute Gasteiger partial charge is 0.311 e. The van der Waals surface area contributed by atoms with Crippen LogP contribution in [0.1, 0.15) is 37.6 Å². The van der Waals surface area contributed by atoms with Gasteiger partial charge in [0.15, 0.2) is 11.0 Å². The molecule has 0 radical (unpaired) electrons. The van der Waals surface area contributed by atoms with Crippen molar-refractivity contribution < 1.29 is 9.18 Å². The van der Waals surface area contributed by atoms with Crippen molar-refractivity contribution in [2.24, 2.45) is 0 Å². The lowest BCUT2D eigenvalue weighted by molar-refractivity contribution is -0.117. The minimum absolute atomic E-state index is 0.0659. The Morgan fingerprint density at radius 2 is 1.79 bits per heavy atom. The van der Waals surface area contributed by atoms with Crippen LogP contribution in [0.25, 0.3) is 5.69 Å². The molecule has 1 amide bonds. The van der Waals surface area contributed by atoms with Crippen molar-refractivity contribution in [3.63, 3.8) is 0 Å². The number of fused-ring (bicyclic) bond motifs is 1. The van der Waals surface area contributed by atoms with Crippen molar-refractivity contribution in [3.05, 3.63) is 65.7 Å². The fraction of sp³-hybridized carbons (Fsp3) is 0.400. The first kappa shape index (κ1) is 22.1. The van der Waals surface area contributed by atoms with Crippen molar-refractivity contribution in [2.75, 3.05) is 24.5 Å². The first-order chi connectivity index (χ1) is 16.1. The zero-order chi connectivity index (χ0) is 22.8. The third-order valence-corrected chi connectivity index (χ3v) is 7.41. The summed E-state index contributed by atoms with van der Waals surface area (Å²) in [4.78, 5) is 17.6. The number of para-hydroxylation sites is 1. The average molecular weight is 466 g/mol. The van der Waals surface area contributed by atoms with Crippen molar-refractivity contribution >= 4 is 23.4 Å². The van der Waals surface area contributed by atoms with Crippen LogP contribution in [0.4, 0.5) is 10.1 Å². The molecule has 1 atom stereocenters. The maximum Gasteiger partial charge on any atom is 0.240 e. The van der Waals surface area contributed by atoms with E-state index in [4.69, 9.17) is 0 Å². The third kappa shape index (κ3) is 4.68. The number of thioether (sulfide) groups is 1. The lowest BCUT2D eigenvalue weighted by atomic mass is 10.1. The minimum Gasteiger partial charge on any atom is -0.311 e. The van der Waals surface area contributed by atoms with E-state index in [1.807, 2.05) is 34.6 Å². The molecule has 1 aromatic heterocycles. The Balaban J connectivity index is 1.40. The van der Waals surface area contributed by atoms with Gasteiger partial charge in [-0.1, -0.05) is 36.4 Å². The molecule has 0 N–H and O–H groups in total. The molecular formula is C25H28FN5OS. The standard InChI is InChI=1S/C25H28FN5OS/c1-18(24(32)30-16-13-19-7-3-4-8-22(19)30)33-25-28-27-23(17-29-14-5-2-6-15-29)31(25)21-11-9-20(26)10-12-21/h3-4,7-12,18H,2,5-6,13-17H2,1H3/t18-/m0/s1. The zero-order valence-electron chi connectivity index (χ0n) is 18.8. The van der Waals surface area contributed by atoms with Crippen LogP contribution in [-0.2, 0) is 17.8 Å². The SMILES string of the molecule is C[C@H](Sc1nnc(CN2CCCCC2)n1-c1ccc(F)cc1)C(=O)N1CCc2ccccc21. The summed E-state index contributed by atoms with van der Waals surface area (Å²) in [5, 5.41) is 9.27. The van der Waals surface area contributed by atoms with E-state index >= 15 is 0 Å². The van der Waals surface area contributed by atoms with Gasteiger partial charge in [0.25, 0.3) is 0 Å². The van der Waals surface area contributed by atoms with Crippen LogP contribution in [0.15, 0.2) is 53.7 Å². The molecule has 0 spiro atoms.